The van der Waals surface area contributed by atoms with Crippen molar-refractivity contribution in [1.82, 2.24) is 19.4 Å². The molecule has 1 N–H and O–H groups in total. The van der Waals surface area contributed by atoms with E-state index in [1.54, 1.807) is 0 Å². The van der Waals surface area contributed by atoms with Crippen molar-refractivity contribution in [2.75, 3.05) is 7.05 Å². The number of H-pyrrole nitrogens is 1. The summed E-state index contributed by atoms with van der Waals surface area (Å²) in [6.07, 6.45) is 7.29. The molecular weight excluding hydrogens is 240 g/mol. The monoisotopic (exact) mass is 258 g/mol. The molecule has 0 fully saturated rings. The summed E-state index contributed by atoms with van der Waals surface area (Å²) >= 11 is 0. The van der Waals surface area contributed by atoms with Crippen LogP contribution in [0.25, 0.3) is 0 Å². The van der Waals surface area contributed by atoms with Gasteiger partial charge in [0.2, 0.25) is 5.91 Å². The van der Waals surface area contributed by atoms with Crippen molar-refractivity contribution >= 4 is 5.91 Å². The van der Waals surface area contributed by atoms with Gasteiger partial charge in [0.25, 0.3) is 0 Å². The van der Waals surface area contributed by atoms with E-state index in [1.807, 2.05) is 42.8 Å². The van der Waals surface area contributed by atoms with Crippen molar-refractivity contribution in [2.24, 2.45) is 5.92 Å². The van der Waals surface area contributed by atoms with Crippen LogP contribution in [0.3, 0.4) is 0 Å². The van der Waals surface area contributed by atoms with Crippen LogP contribution in [0.5, 0.6) is 0 Å². The molecule has 0 saturated heterocycles. The minimum atomic E-state index is 0.0872. The second-order valence-corrected chi connectivity index (χ2v) is 5.16. The maximum atomic E-state index is 12.4. The van der Waals surface area contributed by atoms with Crippen molar-refractivity contribution in [1.29, 1.82) is 0 Å². The van der Waals surface area contributed by atoms with Crippen LogP contribution in [-0.2, 0) is 24.3 Å². The molecule has 0 bridgehead atoms. The summed E-state index contributed by atoms with van der Waals surface area (Å²) in [5, 5.41) is 0. The Morgan fingerprint density at radius 1 is 1.63 bits per heavy atom. The van der Waals surface area contributed by atoms with Crippen molar-refractivity contribution in [3.63, 3.8) is 0 Å². The number of hydrogen-bond donors (Lipinski definition) is 1. The first-order valence-electron chi connectivity index (χ1n) is 6.60. The number of hydrogen-bond acceptors (Lipinski definition) is 2. The third-order valence-electron chi connectivity index (χ3n) is 3.77. The van der Waals surface area contributed by atoms with Gasteiger partial charge in [-0.15, -0.1) is 0 Å². The highest BCUT2D eigenvalue weighted by Crippen LogP contribution is 2.22. The molecule has 0 aliphatic carbocycles. The van der Waals surface area contributed by atoms with Gasteiger partial charge >= 0.3 is 0 Å². The molecule has 1 atom stereocenters. The van der Waals surface area contributed by atoms with Crippen LogP contribution >= 0.6 is 0 Å². The smallest absolute Gasteiger partial charge is 0.226 e. The van der Waals surface area contributed by atoms with E-state index >= 15 is 0 Å². The SMILES string of the molecule is CN(Cc1ccc[nH]1)C(=O)C1CCn2cncc2C1. The molecule has 1 amide bonds. The first-order valence-corrected chi connectivity index (χ1v) is 6.60. The highest BCUT2D eigenvalue weighted by molar-refractivity contribution is 5.78. The molecule has 1 aliphatic heterocycles. The van der Waals surface area contributed by atoms with E-state index < -0.39 is 0 Å². The average molecular weight is 258 g/mol. The Morgan fingerprint density at radius 3 is 3.32 bits per heavy atom. The van der Waals surface area contributed by atoms with Crippen molar-refractivity contribution in [3.05, 3.63) is 42.2 Å². The lowest BCUT2D eigenvalue weighted by Gasteiger charge is -2.27. The van der Waals surface area contributed by atoms with E-state index in [9.17, 15) is 4.79 Å². The lowest BCUT2D eigenvalue weighted by atomic mass is 9.95. The van der Waals surface area contributed by atoms with Gasteiger partial charge in [0, 0.05) is 49.7 Å². The summed E-state index contributed by atoms with van der Waals surface area (Å²) in [5.74, 6) is 0.311. The molecule has 100 valence electrons. The van der Waals surface area contributed by atoms with Crippen LogP contribution in [0.1, 0.15) is 17.8 Å². The molecule has 0 aromatic carbocycles. The molecule has 2 aromatic heterocycles. The topological polar surface area (TPSA) is 53.9 Å². The minimum Gasteiger partial charge on any atom is -0.364 e. The van der Waals surface area contributed by atoms with Gasteiger partial charge in [0.1, 0.15) is 0 Å². The third kappa shape index (κ3) is 2.41. The largest absolute Gasteiger partial charge is 0.364 e. The Morgan fingerprint density at radius 2 is 2.53 bits per heavy atom. The lowest BCUT2D eigenvalue weighted by Crippen LogP contribution is -2.36. The first kappa shape index (κ1) is 12.0. The molecule has 0 saturated carbocycles. The Balaban J connectivity index is 1.65. The van der Waals surface area contributed by atoms with Crippen molar-refractivity contribution in [3.8, 4) is 0 Å². The number of aromatic nitrogens is 3. The number of carbonyl (C=O) groups is 1. The van der Waals surface area contributed by atoms with Crippen LogP contribution in [0.2, 0.25) is 0 Å². The van der Waals surface area contributed by atoms with Crippen LogP contribution in [0, 0.1) is 5.92 Å². The van der Waals surface area contributed by atoms with Gasteiger partial charge in [-0.05, 0) is 18.6 Å². The molecule has 0 spiro atoms. The molecule has 0 radical (unpaired) electrons. The number of imidazole rings is 1. The molecule has 1 unspecified atom stereocenters. The number of aromatic amines is 1. The molecule has 5 heteroatoms. The summed E-state index contributed by atoms with van der Waals surface area (Å²) in [4.78, 5) is 21.5. The van der Waals surface area contributed by atoms with Crippen LogP contribution in [0.15, 0.2) is 30.9 Å². The van der Waals surface area contributed by atoms with Gasteiger partial charge < -0.3 is 14.5 Å². The van der Waals surface area contributed by atoms with Gasteiger partial charge in [-0.3, -0.25) is 4.79 Å². The number of aryl methyl sites for hydroxylation is 1. The Kier molecular flexibility index (Phi) is 3.11. The molecule has 1 aliphatic rings. The van der Waals surface area contributed by atoms with Crippen molar-refractivity contribution in [2.45, 2.75) is 25.9 Å². The molecule has 2 aromatic rings. The zero-order valence-corrected chi connectivity index (χ0v) is 11.0. The highest BCUT2D eigenvalue weighted by atomic mass is 16.2. The normalized spacial score (nSPS) is 18.1. The summed E-state index contributed by atoms with van der Waals surface area (Å²) in [6, 6.07) is 3.95. The number of nitrogens with one attached hydrogen (secondary N) is 1. The zero-order chi connectivity index (χ0) is 13.2. The van der Waals surface area contributed by atoms with E-state index in [0.29, 0.717) is 6.54 Å². The Bertz CT molecular complexity index is 558. The number of carbonyl (C=O) groups excluding carboxylic acids is 1. The maximum Gasteiger partial charge on any atom is 0.226 e. The van der Waals surface area contributed by atoms with E-state index in [-0.39, 0.29) is 11.8 Å². The first-order chi connectivity index (χ1) is 9.24. The number of amides is 1. The Hall–Kier alpha value is -2.04. The van der Waals surface area contributed by atoms with Crippen LogP contribution in [-0.4, -0.2) is 32.4 Å². The zero-order valence-electron chi connectivity index (χ0n) is 11.0. The fourth-order valence-corrected chi connectivity index (χ4v) is 2.69. The lowest BCUT2D eigenvalue weighted by molar-refractivity contribution is -0.135. The van der Waals surface area contributed by atoms with E-state index in [1.165, 1.54) is 0 Å². The fraction of sp³-hybridized carbons (Fsp3) is 0.429. The standard InChI is InChI=1S/C14H18N4O/c1-17(9-12-3-2-5-16-12)14(19)11-4-6-18-10-15-8-13(18)7-11/h2-3,5,8,10-11,16H,4,6-7,9H2,1H3. The summed E-state index contributed by atoms with van der Waals surface area (Å²) in [6.45, 7) is 1.53. The maximum absolute atomic E-state index is 12.4. The second-order valence-electron chi connectivity index (χ2n) is 5.16. The summed E-state index contributed by atoms with van der Waals surface area (Å²) in [7, 11) is 1.87. The minimum absolute atomic E-state index is 0.0872. The number of nitrogens with zero attached hydrogens (tertiary/aromatic N) is 3. The molecule has 3 heterocycles. The molecule has 19 heavy (non-hydrogen) atoms. The average Bonchev–Trinajstić information content (AvgIpc) is 3.07. The molecule has 5 nitrogen and oxygen atoms in total. The van der Waals surface area contributed by atoms with Crippen LogP contribution < -0.4 is 0 Å². The van der Waals surface area contributed by atoms with Gasteiger partial charge in [0.05, 0.1) is 12.9 Å². The second kappa shape index (κ2) is 4.91. The molecule has 3 rings (SSSR count). The molecular formula is C14H18N4O. The van der Waals surface area contributed by atoms with Gasteiger partial charge in [-0.2, -0.15) is 0 Å². The van der Waals surface area contributed by atoms with Gasteiger partial charge in [0.15, 0.2) is 0 Å². The van der Waals surface area contributed by atoms with Crippen molar-refractivity contribution < 1.29 is 4.79 Å². The van der Waals surface area contributed by atoms with E-state index in [0.717, 1.165) is 30.8 Å². The summed E-state index contributed by atoms with van der Waals surface area (Å²) < 4.78 is 2.13. The van der Waals surface area contributed by atoms with Crippen LogP contribution in [0.4, 0.5) is 0 Å². The summed E-state index contributed by atoms with van der Waals surface area (Å²) in [5.41, 5.74) is 2.23. The number of fused-ring (bicyclic) bond motifs is 1. The van der Waals surface area contributed by atoms with E-state index in [2.05, 4.69) is 14.5 Å². The van der Waals surface area contributed by atoms with E-state index in [4.69, 9.17) is 0 Å². The Labute approximate surface area is 112 Å². The number of rotatable bonds is 3. The quantitative estimate of drug-likeness (QED) is 0.905. The third-order valence-corrected chi connectivity index (χ3v) is 3.77. The predicted octanol–water partition coefficient (Wildman–Crippen LogP) is 1.43. The van der Waals surface area contributed by atoms with Gasteiger partial charge in [-0.25, -0.2) is 4.98 Å². The van der Waals surface area contributed by atoms with Gasteiger partial charge in [-0.1, -0.05) is 0 Å². The fourth-order valence-electron chi connectivity index (χ4n) is 2.69. The highest BCUT2D eigenvalue weighted by Gasteiger charge is 2.27. The predicted molar refractivity (Wildman–Crippen MR) is 71.3 cm³/mol.